The van der Waals surface area contributed by atoms with Crippen molar-refractivity contribution in [2.24, 2.45) is 0 Å². The zero-order valence-electron chi connectivity index (χ0n) is 19.8. The minimum Gasteiger partial charge on any atom is -0.462 e. The van der Waals surface area contributed by atoms with E-state index < -0.39 is 17.1 Å². The van der Waals surface area contributed by atoms with Crippen LogP contribution in [0.4, 0.5) is 11.4 Å². The van der Waals surface area contributed by atoms with E-state index in [4.69, 9.17) is 4.74 Å². The molecule has 37 heavy (non-hydrogen) atoms. The number of thioether (sulfide) groups is 1. The van der Waals surface area contributed by atoms with Crippen molar-refractivity contribution in [2.75, 3.05) is 16.8 Å². The summed E-state index contributed by atoms with van der Waals surface area (Å²) in [4.78, 5) is 40.1. The van der Waals surface area contributed by atoms with Crippen molar-refractivity contribution in [1.29, 1.82) is 5.26 Å². The largest absolute Gasteiger partial charge is 0.462 e. The standard InChI is InChI=1S/C28H22BrN3O4S/c1-2-36-28(35)19-10-8-18(9-11-19)16-24-26(34)32(22-6-4-3-5-7-22)27(37-24)23(17-30)25(33)31-21-14-12-20(29)13-15-21/h3-15,24H,2,16H2,1H3,(H,31,33)/b27-23-/t24-/m1/s1. The Morgan fingerprint density at radius 3 is 2.35 bits per heavy atom. The highest BCUT2D eigenvalue weighted by molar-refractivity contribution is 9.10. The number of hydrogen-bond donors (Lipinski definition) is 1. The molecule has 1 heterocycles. The maximum atomic E-state index is 13.6. The fourth-order valence-corrected chi connectivity index (χ4v) is 5.30. The summed E-state index contributed by atoms with van der Waals surface area (Å²) in [5.74, 6) is -1.23. The minimum absolute atomic E-state index is 0.148. The van der Waals surface area contributed by atoms with Crippen molar-refractivity contribution in [3.05, 3.63) is 105 Å². The second kappa shape index (κ2) is 11.9. The van der Waals surface area contributed by atoms with Crippen molar-refractivity contribution in [1.82, 2.24) is 0 Å². The monoisotopic (exact) mass is 575 g/mol. The Morgan fingerprint density at radius 2 is 1.73 bits per heavy atom. The third kappa shape index (κ3) is 6.10. The van der Waals surface area contributed by atoms with Gasteiger partial charge in [-0.15, -0.1) is 0 Å². The third-order valence-corrected chi connectivity index (χ3v) is 7.30. The van der Waals surface area contributed by atoms with Gasteiger partial charge in [0.25, 0.3) is 5.91 Å². The molecule has 7 nitrogen and oxygen atoms in total. The Morgan fingerprint density at radius 1 is 1.05 bits per heavy atom. The number of carbonyl (C=O) groups excluding carboxylic acids is 3. The van der Waals surface area contributed by atoms with Crippen LogP contribution in [-0.4, -0.2) is 29.6 Å². The number of ether oxygens (including phenoxy) is 1. The molecule has 1 aliphatic heterocycles. The van der Waals surface area contributed by atoms with Gasteiger partial charge in [-0.05, 0) is 67.4 Å². The Labute approximate surface area is 227 Å². The molecular formula is C28H22BrN3O4S. The molecule has 1 fully saturated rings. The quantitative estimate of drug-likeness (QED) is 0.221. The Bertz CT molecular complexity index is 1380. The number of rotatable bonds is 7. The number of nitrogens with zero attached hydrogens (tertiary/aromatic N) is 2. The predicted octanol–water partition coefficient (Wildman–Crippen LogP) is 5.69. The molecule has 186 valence electrons. The zero-order valence-corrected chi connectivity index (χ0v) is 22.2. The average molecular weight is 576 g/mol. The predicted molar refractivity (Wildman–Crippen MR) is 147 cm³/mol. The lowest BCUT2D eigenvalue weighted by molar-refractivity contribution is -0.117. The van der Waals surface area contributed by atoms with Crippen LogP contribution in [0, 0.1) is 11.3 Å². The summed E-state index contributed by atoms with van der Waals surface area (Å²) in [5, 5.41) is 12.4. The highest BCUT2D eigenvalue weighted by Gasteiger charge is 2.40. The highest BCUT2D eigenvalue weighted by atomic mass is 79.9. The number of benzene rings is 3. The van der Waals surface area contributed by atoms with Crippen LogP contribution in [0.2, 0.25) is 0 Å². The van der Waals surface area contributed by atoms with Crippen LogP contribution in [0.15, 0.2) is 93.9 Å². The molecule has 4 rings (SSSR count). The first-order valence-corrected chi connectivity index (χ1v) is 13.1. The number of amides is 2. The van der Waals surface area contributed by atoms with E-state index in [9.17, 15) is 19.6 Å². The van der Waals surface area contributed by atoms with Gasteiger partial charge >= 0.3 is 5.97 Å². The summed E-state index contributed by atoms with van der Waals surface area (Å²) in [6, 6.07) is 24.8. The molecule has 0 radical (unpaired) electrons. The number of hydrogen-bond acceptors (Lipinski definition) is 6. The first kappa shape index (κ1) is 26.2. The Hall–Kier alpha value is -3.87. The van der Waals surface area contributed by atoms with Gasteiger partial charge in [0.1, 0.15) is 16.7 Å². The van der Waals surface area contributed by atoms with Gasteiger partial charge in [0.2, 0.25) is 5.91 Å². The number of carbonyl (C=O) groups is 3. The summed E-state index contributed by atoms with van der Waals surface area (Å²) in [5.41, 5.74) is 2.22. The lowest BCUT2D eigenvalue weighted by Crippen LogP contribution is -2.30. The molecule has 1 N–H and O–H groups in total. The van der Waals surface area contributed by atoms with Crippen LogP contribution in [-0.2, 0) is 20.7 Å². The van der Waals surface area contributed by atoms with Gasteiger partial charge in [0.05, 0.1) is 17.4 Å². The van der Waals surface area contributed by atoms with E-state index >= 15 is 0 Å². The molecule has 9 heteroatoms. The van der Waals surface area contributed by atoms with Crippen molar-refractivity contribution in [2.45, 2.75) is 18.6 Å². The zero-order chi connectivity index (χ0) is 26.4. The molecule has 3 aromatic carbocycles. The van der Waals surface area contributed by atoms with E-state index in [-0.39, 0.29) is 23.1 Å². The van der Waals surface area contributed by atoms with Gasteiger partial charge in [-0.1, -0.05) is 58.0 Å². The van der Waals surface area contributed by atoms with E-state index in [1.54, 1.807) is 79.7 Å². The number of halogens is 1. The van der Waals surface area contributed by atoms with Crippen LogP contribution in [0.1, 0.15) is 22.8 Å². The van der Waals surface area contributed by atoms with Crippen molar-refractivity contribution < 1.29 is 19.1 Å². The second-order valence-corrected chi connectivity index (χ2v) is 10.1. The molecule has 0 saturated carbocycles. The van der Waals surface area contributed by atoms with Crippen LogP contribution in [0.25, 0.3) is 0 Å². The van der Waals surface area contributed by atoms with E-state index in [1.807, 2.05) is 12.1 Å². The third-order valence-electron chi connectivity index (χ3n) is 5.51. The number of esters is 1. The Balaban J connectivity index is 1.64. The first-order chi connectivity index (χ1) is 17.9. The van der Waals surface area contributed by atoms with E-state index in [0.29, 0.717) is 23.4 Å². The van der Waals surface area contributed by atoms with Gasteiger partial charge in [0, 0.05) is 15.8 Å². The number of para-hydroxylation sites is 1. The van der Waals surface area contributed by atoms with Crippen LogP contribution < -0.4 is 10.2 Å². The molecule has 3 aromatic rings. The summed E-state index contributed by atoms with van der Waals surface area (Å²) < 4.78 is 5.88. The number of nitriles is 1. The van der Waals surface area contributed by atoms with Gasteiger partial charge in [-0.3, -0.25) is 14.5 Å². The molecule has 1 saturated heterocycles. The second-order valence-electron chi connectivity index (χ2n) is 7.99. The van der Waals surface area contributed by atoms with Gasteiger partial charge < -0.3 is 10.1 Å². The fraction of sp³-hybridized carbons (Fsp3) is 0.143. The van der Waals surface area contributed by atoms with Gasteiger partial charge in [-0.2, -0.15) is 5.26 Å². The van der Waals surface area contributed by atoms with Crippen molar-refractivity contribution >= 4 is 56.9 Å². The van der Waals surface area contributed by atoms with Gasteiger partial charge in [0.15, 0.2) is 0 Å². The molecule has 0 aliphatic carbocycles. The smallest absolute Gasteiger partial charge is 0.338 e. The fourth-order valence-electron chi connectivity index (χ4n) is 3.73. The lowest BCUT2D eigenvalue weighted by atomic mass is 10.1. The van der Waals surface area contributed by atoms with Crippen LogP contribution in [0.3, 0.4) is 0 Å². The Kier molecular flexibility index (Phi) is 8.43. The molecular weight excluding hydrogens is 554 g/mol. The van der Waals surface area contributed by atoms with Crippen LogP contribution >= 0.6 is 27.7 Å². The average Bonchev–Trinajstić information content (AvgIpc) is 3.22. The highest BCUT2D eigenvalue weighted by Crippen LogP contribution is 2.42. The summed E-state index contributed by atoms with van der Waals surface area (Å²) >= 11 is 4.54. The van der Waals surface area contributed by atoms with E-state index in [1.165, 1.54) is 16.7 Å². The summed E-state index contributed by atoms with van der Waals surface area (Å²) in [7, 11) is 0. The van der Waals surface area contributed by atoms with Crippen molar-refractivity contribution in [3.63, 3.8) is 0 Å². The molecule has 1 atom stereocenters. The van der Waals surface area contributed by atoms with E-state index in [2.05, 4.69) is 21.2 Å². The minimum atomic E-state index is -0.597. The lowest BCUT2D eigenvalue weighted by Gasteiger charge is -2.18. The maximum absolute atomic E-state index is 13.6. The summed E-state index contributed by atoms with van der Waals surface area (Å²) in [6.45, 7) is 2.03. The normalized spacial score (nSPS) is 16.2. The van der Waals surface area contributed by atoms with Crippen LogP contribution in [0.5, 0.6) is 0 Å². The molecule has 0 unspecified atom stereocenters. The first-order valence-electron chi connectivity index (χ1n) is 11.4. The molecule has 0 spiro atoms. The van der Waals surface area contributed by atoms with Crippen molar-refractivity contribution in [3.8, 4) is 6.07 Å². The summed E-state index contributed by atoms with van der Waals surface area (Å²) in [6.07, 6.45) is 0.354. The molecule has 0 aromatic heterocycles. The van der Waals surface area contributed by atoms with Gasteiger partial charge in [-0.25, -0.2) is 4.79 Å². The molecule has 2 amide bonds. The molecule has 0 bridgehead atoms. The number of anilines is 2. The number of nitrogens with one attached hydrogen (secondary N) is 1. The molecule has 1 aliphatic rings. The SMILES string of the molecule is CCOC(=O)c1ccc(C[C@H]2S/C(=C(/C#N)C(=O)Nc3ccc(Br)cc3)N(c3ccccc3)C2=O)cc1. The topological polar surface area (TPSA) is 99.5 Å². The maximum Gasteiger partial charge on any atom is 0.338 e. The van der Waals surface area contributed by atoms with E-state index in [0.717, 1.165) is 10.0 Å².